The van der Waals surface area contributed by atoms with E-state index in [0.29, 0.717) is 5.76 Å². The summed E-state index contributed by atoms with van der Waals surface area (Å²) in [4.78, 5) is 15.9. The van der Waals surface area contributed by atoms with Gasteiger partial charge in [-0.25, -0.2) is 0 Å². The van der Waals surface area contributed by atoms with Gasteiger partial charge in [-0.3, -0.25) is 4.79 Å². The number of carbonyl (C=O) groups excluding carboxylic acids is 1. The first-order valence-electron chi connectivity index (χ1n) is 5.00. The molecule has 0 unspecified atom stereocenters. The number of hydrogen-bond donors (Lipinski definition) is 1. The number of carbonyl (C=O) groups is 1. The lowest BCUT2D eigenvalue weighted by Gasteiger charge is -2.31. The van der Waals surface area contributed by atoms with E-state index in [2.05, 4.69) is 4.90 Å². The molecule has 5 heteroatoms. The molecule has 1 aliphatic rings. The summed E-state index contributed by atoms with van der Waals surface area (Å²) in [5.74, 6) is 0.546. The van der Waals surface area contributed by atoms with Gasteiger partial charge in [0.1, 0.15) is 0 Å². The van der Waals surface area contributed by atoms with Crippen LogP contribution in [-0.2, 0) is 0 Å². The third kappa shape index (κ3) is 2.12. The van der Waals surface area contributed by atoms with Crippen LogP contribution in [-0.4, -0.2) is 48.9 Å². The standard InChI is InChI=1S/C10H15N3O2/c1-12-4-6-13(7-5-12)10(14)8-2-3-9(11)15-8/h2-3H,4-7,11H2,1H3. The number of rotatable bonds is 1. The maximum atomic E-state index is 11.9. The molecule has 1 aliphatic heterocycles. The summed E-state index contributed by atoms with van der Waals surface area (Å²) in [7, 11) is 2.05. The lowest BCUT2D eigenvalue weighted by Crippen LogP contribution is -2.47. The molecule has 2 heterocycles. The molecule has 1 aromatic heterocycles. The van der Waals surface area contributed by atoms with Crippen molar-refractivity contribution in [3.05, 3.63) is 17.9 Å². The molecule has 0 bridgehead atoms. The van der Waals surface area contributed by atoms with E-state index in [4.69, 9.17) is 10.2 Å². The van der Waals surface area contributed by atoms with Gasteiger partial charge in [0.25, 0.3) is 5.91 Å². The molecule has 82 valence electrons. The second-order valence-corrected chi connectivity index (χ2v) is 3.80. The van der Waals surface area contributed by atoms with Crippen LogP contribution in [0.3, 0.4) is 0 Å². The average molecular weight is 209 g/mol. The topological polar surface area (TPSA) is 62.7 Å². The molecular formula is C10H15N3O2. The monoisotopic (exact) mass is 209 g/mol. The van der Waals surface area contributed by atoms with Gasteiger partial charge < -0.3 is 20.0 Å². The van der Waals surface area contributed by atoms with Crippen molar-refractivity contribution < 1.29 is 9.21 Å². The minimum Gasteiger partial charge on any atom is -0.436 e. The van der Waals surface area contributed by atoms with Crippen LogP contribution in [0.5, 0.6) is 0 Å². The van der Waals surface area contributed by atoms with Crippen LogP contribution < -0.4 is 5.73 Å². The van der Waals surface area contributed by atoms with E-state index >= 15 is 0 Å². The van der Waals surface area contributed by atoms with Gasteiger partial charge in [0, 0.05) is 32.2 Å². The second-order valence-electron chi connectivity index (χ2n) is 3.80. The molecule has 1 fully saturated rings. The molecule has 0 aromatic carbocycles. The number of hydrogen-bond acceptors (Lipinski definition) is 4. The molecule has 2 N–H and O–H groups in total. The zero-order valence-corrected chi connectivity index (χ0v) is 8.77. The van der Waals surface area contributed by atoms with E-state index < -0.39 is 0 Å². The van der Waals surface area contributed by atoms with Crippen LogP contribution >= 0.6 is 0 Å². The Hall–Kier alpha value is -1.49. The van der Waals surface area contributed by atoms with Gasteiger partial charge in [-0.05, 0) is 13.1 Å². The first-order valence-corrected chi connectivity index (χ1v) is 5.00. The predicted molar refractivity (Wildman–Crippen MR) is 56.5 cm³/mol. The Morgan fingerprint density at radius 1 is 1.33 bits per heavy atom. The average Bonchev–Trinajstić information content (AvgIpc) is 2.65. The molecule has 1 saturated heterocycles. The van der Waals surface area contributed by atoms with Crippen molar-refractivity contribution in [3.8, 4) is 0 Å². The quantitative estimate of drug-likeness (QED) is 0.720. The lowest BCUT2D eigenvalue weighted by molar-refractivity contribution is 0.0634. The van der Waals surface area contributed by atoms with Crippen LogP contribution in [0.25, 0.3) is 0 Å². The summed E-state index contributed by atoms with van der Waals surface area (Å²) in [5.41, 5.74) is 5.42. The fourth-order valence-corrected chi connectivity index (χ4v) is 1.63. The summed E-state index contributed by atoms with van der Waals surface area (Å²) in [5, 5.41) is 0. The van der Waals surface area contributed by atoms with Crippen molar-refractivity contribution in [3.63, 3.8) is 0 Å². The van der Waals surface area contributed by atoms with Crippen LogP contribution in [0.15, 0.2) is 16.5 Å². The summed E-state index contributed by atoms with van der Waals surface area (Å²) in [6, 6.07) is 3.22. The third-order valence-electron chi connectivity index (χ3n) is 2.63. The van der Waals surface area contributed by atoms with Gasteiger partial charge in [-0.2, -0.15) is 0 Å². The first-order chi connectivity index (χ1) is 7.16. The highest BCUT2D eigenvalue weighted by Crippen LogP contribution is 2.13. The van der Waals surface area contributed by atoms with Gasteiger partial charge in [-0.1, -0.05) is 0 Å². The van der Waals surface area contributed by atoms with Gasteiger partial charge in [0.15, 0.2) is 11.6 Å². The number of piperazine rings is 1. The normalized spacial score (nSPS) is 18.1. The van der Waals surface area contributed by atoms with Crippen molar-refractivity contribution in [1.29, 1.82) is 0 Å². The second kappa shape index (κ2) is 3.94. The molecule has 0 radical (unpaired) electrons. The zero-order chi connectivity index (χ0) is 10.8. The molecule has 1 amide bonds. The Labute approximate surface area is 88.4 Å². The summed E-state index contributed by atoms with van der Waals surface area (Å²) in [6.45, 7) is 3.30. The zero-order valence-electron chi connectivity index (χ0n) is 8.77. The van der Waals surface area contributed by atoms with E-state index in [1.807, 2.05) is 7.05 Å². The van der Waals surface area contributed by atoms with Crippen LogP contribution in [0.4, 0.5) is 5.88 Å². The van der Waals surface area contributed by atoms with Crippen LogP contribution in [0.1, 0.15) is 10.6 Å². The number of furan rings is 1. The molecule has 0 spiro atoms. The van der Waals surface area contributed by atoms with Crippen LogP contribution in [0, 0.1) is 0 Å². The molecule has 0 atom stereocenters. The van der Waals surface area contributed by atoms with E-state index in [1.165, 1.54) is 0 Å². The first kappa shape index (κ1) is 10.0. The summed E-state index contributed by atoms with van der Waals surface area (Å²) < 4.78 is 5.10. The van der Waals surface area contributed by atoms with Crippen molar-refractivity contribution >= 4 is 11.8 Å². The van der Waals surface area contributed by atoms with Crippen LogP contribution in [0.2, 0.25) is 0 Å². The Balaban J connectivity index is 2.02. The van der Waals surface area contributed by atoms with Gasteiger partial charge in [0.05, 0.1) is 0 Å². The molecule has 5 nitrogen and oxygen atoms in total. The maximum absolute atomic E-state index is 11.9. The SMILES string of the molecule is CN1CCN(C(=O)c2ccc(N)o2)CC1. The molecule has 0 aliphatic carbocycles. The number of likely N-dealkylation sites (N-methyl/N-ethyl adjacent to an activating group) is 1. The fraction of sp³-hybridized carbons (Fsp3) is 0.500. The number of amides is 1. The van der Waals surface area contributed by atoms with Crippen molar-refractivity contribution in [2.45, 2.75) is 0 Å². The Morgan fingerprint density at radius 3 is 2.53 bits per heavy atom. The summed E-state index contributed by atoms with van der Waals surface area (Å²) >= 11 is 0. The van der Waals surface area contributed by atoms with E-state index in [0.717, 1.165) is 26.2 Å². The van der Waals surface area contributed by atoms with Gasteiger partial charge in [0.2, 0.25) is 0 Å². The van der Waals surface area contributed by atoms with E-state index in [-0.39, 0.29) is 11.8 Å². The number of nitrogens with two attached hydrogens (primary N) is 1. The molecule has 1 aromatic rings. The minimum atomic E-state index is -0.0696. The van der Waals surface area contributed by atoms with Crippen molar-refractivity contribution in [2.24, 2.45) is 0 Å². The Bertz CT molecular complexity index is 353. The summed E-state index contributed by atoms with van der Waals surface area (Å²) in [6.07, 6.45) is 0. The highest BCUT2D eigenvalue weighted by atomic mass is 16.4. The number of anilines is 1. The maximum Gasteiger partial charge on any atom is 0.289 e. The van der Waals surface area contributed by atoms with E-state index in [9.17, 15) is 4.79 Å². The minimum absolute atomic E-state index is 0.0696. The number of nitrogens with zero attached hydrogens (tertiary/aromatic N) is 2. The fourth-order valence-electron chi connectivity index (χ4n) is 1.63. The largest absolute Gasteiger partial charge is 0.436 e. The van der Waals surface area contributed by atoms with Crippen molar-refractivity contribution in [1.82, 2.24) is 9.80 Å². The Kier molecular flexibility index (Phi) is 2.64. The molecular weight excluding hydrogens is 194 g/mol. The highest BCUT2D eigenvalue weighted by molar-refractivity contribution is 5.91. The van der Waals surface area contributed by atoms with E-state index in [1.54, 1.807) is 17.0 Å². The van der Waals surface area contributed by atoms with Crippen molar-refractivity contribution in [2.75, 3.05) is 39.0 Å². The molecule has 15 heavy (non-hydrogen) atoms. The third-order valence-corrected chi connectivity index (χ3v) is 2.63. The van der Waals surface area contributed by atoms with Gasteiger partial charge in [-0.15, -0.1) is 0 Å². The lowest BCUT2D eigenvalue weighted by atomic mass is 10.3. The molecule has 2 rings (SSSR count). The predicted octanol–water partition coefficient (Wildman–Crippen LogP) is 0.249. The highest BCUT2D eigenvalue weighted by Gasteiger charge is 2.22. The Morgan fingerprint density at radius 2 is 2.00 bits per heavy atom. The molecule has 0 saturated carbocycles. The van der Waals surface area contributed by atoms with Gasteiger partial charge >= 0.3 is 0 Å². The smallest absolute Gasteiger partial charge is 0.289 e. The number of nitrogen functional groups attached to an aromatic ring is 1.